The molecule has 1 fully saturated rings. The number of rotatable bonds is 7. The van der Waals surface area contributed by atoms with Crippen LogP contribution in [0.2, 0.25) is 5.28 Å². The maximum Gasteiger partial charge on any atom is 0.293 e. The van der Waals surface area contributed by atoms with E-state index < -0.39 is 5.82 Å². The average Bonchev–Trinajstić information content (AvgIpc) is 3.07. The molecule has 174 valence electrons. The molecule has 1 aliphatic rings. The van der Waals surface area contributed by atoms with E-state index in [1.807, 2.05) is 24.3 Å². The van der Waals surface area contributed by atoms with E-state index in [-0.39, 0.29) is 39.5 Å². The van der Waals surface area contributed by atoms with E-state index in [1.165, 1.54) is 4.90 Å². The van der Waals surface area contributed by atoms with Crippen LogP contribution < -0.4 is 9.47 Å². The summed E-state index contributed by atoms with van der Waals surface area (Å²) in [5.74, 6) is -1.01. The summed E-state index contributed by atoms with van der Waals surface area (Å²) in [6.45, 7) is 2.26. The zero-order chi connectivity index (χ0) is 24.2. The Hall–Kier alpha value is -2.95. The maximum atomic E-state index is 14.0. The van der Waals surface area contributed by atoms with Gasteiger partial charge in [-0.15, -0.1) is 0 Å². The first kappa shape index (κ1) is 24.2. The molecule has 1 aliphatic heterocycles. The van der Waals surface area contributed by atoms with Crippen molar-refractivity contribution in [2.24, 2.45) is 0 Å². The van der Waals surface area contributed by atoms with Crippen molar-refractivity contribution in [2.75, 3.05) is 6.61 Å². The van der Waals surface area contributed by atoms with Crippen molar-refractivity contribution in [3.05, 3.63) is 80.3 Å². The highest BCUT2D eigenvalue weighted by atomic mass is 79.9. The van der Waals surface area contributed by atoms with E-state index in [9.17, 15) is 14.0 Å². The monoisotopic (exact) mass is 563 g/mol. The lowest BCUT2D eigenvalue weighted by Crippen LogP contribution is -2.27. The number of carbonyl (C=O) groups is 2. The molecule has 1 saturated heterocycles. The second kappa shape index (κ2) is 10.5. The fourth-order valence-electron chi connectivity index (χ4n) is 3.06. The number of thioether (sulfide) groups is 1. The number of benzene rings is 2. The molecule has 4 rings (SSSR count). The van der Waals surface area contributed by atoms with Crippen LogP contribution in [0.1, 0.15) is 18.1 Å². The van der Waals surface area contributed by atoms with Crippen molar-refractivity contribution < 1.29 is 23.5 Å². The van der Waals surface area contributed by atoms with Crippen molar-refractivity contribution in [2.45, 2.75) is 13.5 Å². The molecule has 3 aromatic rings. The Balaban J connectivity index is 1.58. The van der Waals surface area contributed by atoms with Crippen LogP contribution in [-0.2, 0) is 11.3 Å². The van der Waals surface area contributed by atoms with Crippen LogP contribution in [0.3, 0.4) is 0 Å². The lowest BCUT2D eigenvalue weighted by Gasteiger charge is -2.13. The summed E-state index contributed by atoms with van der Waals surface area (Å²) in [6.07, 6.45) is 2.50. The Morgan fingerprint density at radius 2 is 2.00 bits per heavy atom. The second-order valence-corrected chi connectivity index (χ2v) is 9.08. The molecule has 1 aromatic heterocycles. The normalized spacial score (nSPS) is 14.7. The first-order valence-corrected chi connectivity index (χ1v) is 12.0. The molecule has 0 atom stereocenters. The summed E-state index contributed by atoms with van der Waals surface area (Å²) in [5.41, 5.74) is 1.42. The van der Waals surface area contributed by atoms with E-state index >= 15 is 0 Å². The number of imide groups is 1. The highest BCUT2D eigenvalue weighted by Crippen LogP contribution is 2.37. The van der Waals surface area contributed by atoms with Crippen LogP contribution in [0, 0.1) is 5.82 Å². The number of amides is 2. The summed E-state index contributed by atoms with van der Waals surface area (Å²) in [4.78, 5) is 34.2. The third-order valence-electron chi connectivity index (χ3n) is 4.61. The summed E-state index contributed by atoms with van der Waals surface area (Å²) in [5, 5.41) is -0.516. The molecule has 0 N–H and O–H groups in total. The Morgan fingerprint density at radius 1 is 1.21 bits per heavy atom. The highest BCUT2D eigenvalue weighted by molar-refractivity contribution is 9.10. The van der Waals surface area contributed by atoms with E-state index in [2.05, 4.69) is 25.9 Å². The minimum Gasteiger partial charge on any atom is -0.490 e. The first-order chi connectivity index (χ1) is 16.4. The van der Waals surface area contributed by atoms with Gasteiger partial charge in [0.1, 0.15) is 0 Å². The van der Waals surface area contributed by atoms with Crippen LogP contribution >= 0.6 is 39.3 Å². The molecule has 0 bridgehead atoms. The molecule has 34 heavy (non-hydrogen) atoms. The van der Waals surface area contributed by atoms with Gasteiger partial charge in [0, 0.05) is 4.47 Å². The number of halogens is 3. The first-order valence-electron chi connectivity index (χ1n) is 9.97. The molecule has 0 aliphatic carbocycles. The van der Waals surface area contributed by atoms with Gasteiger partial charge in [0.2, 0.25) is 11.1 Å². The summed E-state index contributed by atoms with van der Waals surface area (Å²) in [6, 6.07) is 12.2. The van der Waals surface area contributed by atoms with E-state index in [0.717, 1.165) is 28.0 Å². The van der Waals surface area contributed by atoms with Crippen molar-refractivity contribution in [3.63, 3.8) is 0 Å². The van der Waals surface area contributed by atoms with Gasteiger partial charge < -0.3 is 9.47 Å². The van der Waals surface area contributed by atoms with Gasteiger partial charge in [0.05, 0.1) is 24.3 Å². The topological polar surface area (TPSA) is 81.6 Å². The maximum absolute atomic E-state index is 14.0. The molecule has 2 amide bonds. The van der Waals surface area contributed by atoms with Crippen molar-refractivity contribution in [1.82, 2.24) is 14.9 Å². The Kier molecular flexibility index (Phi) is 7.50. The number of aromatic nitrogens is 2. The molecule has 0 radical (unpaired) electrons. The van der Waals surface area contributed by atoms with Gasteiger partial charge in [-0.2, -0.15) is 9.37 Å². The van der Waals surface area contributed by atoms with Gasteiger partial charge in [0.25, 0.3) is 17.0 Å². The SMILES string of the molecule is CCOc1cc(/C=C2/SC(=O)N(Cc3ccccc3Br)C2=O)ccc1Oc1nc(Cl)ncc1F. The van der Waals surface area contributed by atoms with Crippen LogP contribution in [-0.4, -0.2) is 32.6 Å². The fourth-order valence-corrected chi connectivity index (χ4v) is 4.43. The van der Waals surface area contributed by atoms with Gasteiger partial charge in [-0.1, -0.05) is 40.2 Å². The summed E-state index contributed by atoms with van der Waals surface area (Å²) in [7, 11) is 0. The number of carbonyl (C=O) groups excluding carboxylic acids is 2. The highest BCUT2D eigenvalue weighted by Gasteiger charge is 2.35. The molecule has 11 heteroatoms. The minimum absolute atomic E-state index is 0.160. The molecule has 0 unspecified atom stereocenters. The molecule has 0 spiro atoms. The van der Waals surface area contributed by atoms with Crippen LogP contribution in [0.15, 0.2) is 58.0 Å². The zero-order valence-corrected chi connectivity index (χ0v) is 20.8. The molecule has 2 aromatic carbocycles. The number of nitrogens with zero attached hydrogens (tertiary/aromatic N) is 3. The average molecular weight is 565 g/mol. The van der Waals surface area contributed by atoms with E-state index in [4.69, 9.17) is 21.1 Å². The zero-order valence-electron chi connectivity index (χ0n) is 17.6. The van der Waals surface area contributed by atoms with Crippen LogP contribution in [0.5, 0.6) is 17.4 Å². The second-order valence-electron chi connectivity index (χ2n) is 6.89. The Morgan fingerprint density at radius 3 is 2.76 bits per heavy atom. The quantitative estimate of drug-likeness (QED) is 0.241. The van der Waals surface area contributed by atoms with Gasteiger partial charge >= 0.3 is 0 Å². The van der Waals surface area contributed by atoms with Crippen molar-refractivity contribution >= 4 is 56.5 Å². The smallest absolute Gasteiger partial charge is 0.293 e. The molecule has 0 saturated carbocycles. The molecular weight excluding hydrogens is 549 g/mol. The van der Waals surface area contributed by atoms with Crippen LogP contribution in [0.4, 0.5) is 9.18 Å². The lowest BCUT2D eigenvalue weighted by molar-refractivity contribution is -0.123. The Bertz CT molecular complexity index is 1310. The summed E-state index contributed by atoms with van der Waals surface area (Å²) < 4.78 is 26.0. The fraction of sp³-hybridized carbons (Fsp3) is 0.130. The van der Waals surface area contributed by atoms with Gasteiger partial charge in [-0.25, -0.2) is 4.98 Å². The van der Waals surface area contributed by atoms with Crippen molar-refractivity contribution in [1.29, 1.82) is 0 Å². The largest absolute Gasteiger partial charge is 0.490 e. The van der Waals surface area contributed by atoms with E-state index in [1.54, 1.807) is 31.2 Å². The third kappa shape index (κ3) is 5.40. The number of ether oxygens (including phenoxy) is 2. The van der Waals surface area contributed by atoms with Gasteiger partial charge in [-0.3, -0.25) is 14.5 Å². The van der Waals surface area contributed by atoms with Crippen LogP contribution in [0.25, 0.3) is 6.08 Å². The standard InChI is InChI=1S/C23H16BrClFN3O4S/c1-2-32-18-9-13(7-8-17(18)33-20-16(26)11-27-22(25)28-20)10-19-21(30)29(23(31)34-19)12-14-5-3-4-6-15(14)24/h3-11H,2,12H2,1H3/b19-10+. The number of hydrogen-bond acceptors (Lipinski definition) is 7. The Labute approximate surface area is 212 Å². The molecule has 7 nitrogen and oxygen atoms in total. The minimum atomic E-state index is -0.783. The predicted octanol–water partition coefficient (Wildman–Crippen LogP) is 6.46. The lowest BCUT2D eigenvalue weighted by atomic mass is 10.1. The molecule has 2 heterocycles. The summed E-state index contributed by atoms with van der Waals surface area (Å²) >= 11 is 10.0. The predicted molar refractivity (Wildman–Crippen MR) is 130 cm³/mol. The van der Waals surface area contributed by atoms with Crippen molar-refractivity contribution in [3.8, 4) is 17.4 Å². The molecular formula is C23H16BrClFN3O4S. The van der Waals surface area contributed by atoms with Gasteiger partial charge in [-0.05, 0) is 65.7 Å². The number of hydrogen-bond donors (Lipinski definition) is 0. The van der Waals surface area contributed by atoms with Gasteiger partial charge in [0.15, 0.2) is 11.5 Å². The van der Waals surface area contributed by atoms with E-state index in [0.29, 0.717) is 17.9 Å². The third-order valence-corrected chi connectivity index (χ3v) is 6.48.